The second-order valence-corrected chi connectivity index (χ2v) is 5.12. The van der Waals surface area contributed by atoms with Gasteiger partial charge < -0.3 is 15.3 Å². The maximum Gasteiger partial charge on any atom is 0.127 e. The molecule has 0 aliphatic carbocycles. The minimum absolute atomic E-state index is 0.478. The molecule has 3 rings (SSSR count). The average Bonchev–Trinajstić information content (AvgIpc) is 2.61. The van der Waals surface area contributed by atoms with Gasteiger partial charge in [0.1, 0.15) is 18.1 Å². The molecule has 23 heavy (non-hydrogen) atoms. The van der Waals surface area contributed by atoms with E-state index >= 15 is 0 Å². The smallest absolute Gasteiger partial charge is 0.127 e. The lowest BCUT2D eigenvalue weighted by molar-refractivity contribution is 0.309. The van der Waals surface area contributed by atoms with Gasteiger partial charge in [0, 0.05) is 10.9 Å². The van der Waals surface area contributed by atoms with Crippen molar-refractivity contribution in [3.05, 3.63) is 71.8 Å². The Balaban J connectivity index is 1.90. The van der Waals surface area contributed by atoms with Gasteiger partial charge in [-0.25, -0.2) is 0 Å². The SMILES string of the molecule is COc1cccc(COc2ccc(C=NN)c3ccccc23)c1. The highest BCUT2D eigenvalue weighted by atomic mass is 16.5. The first-order valence-corrected chi connectivity index (χ1v) is 7.32. The Morgan fingerprint density at radius 3 is 2.61 bits per heavy atom. The maximum absolute atomic E-state index is 6.01. The average molecular weight is 306 g/mol. The molecule has 3 aromatic rings. The van der Waals surface area contributed by atoms with E-state index in [-0.39, 0.29) is 0 Å². The molecule has 0 unspecified atom stereocenters. The van der Waals surface area contributed by atoms with Crippen molar-refractivity contribution < 1.29 is 9.47 Å². The molecule has 0 heterocycles. The lowest BCUT2D eigenvalue weighted by Crippen LogP contribution is -1.98. The summed E-state index contributed by atoms with van der Waals surface area (Å²) in [6.45, 7) is 0.478. The molecule has 0 saturated carbocycles. The summed E-state index contributed by atoms with van der Waals surface area (Å²) in [5, 5.41) is 5.71. The van der Waals surface area contributed by atoms with Gasteiger partial charge in [0.05, 0.1) is 13.3 Å². The summed E-state index contributed by atoms with van der Waals surface area (Å²) >= 11 is 0. The van der Waals surface area contributed by atoms with Crippen LogP contribution in [0, 0.1) is 0 Å². The molecule has 0 atom stereocenters. The number of methoxy groups -OCH3 is 1. The Labute approximate surface area is 135 Å². The van der Waals surface area contributed by atoms with Crippen LogP contribution in [0.5, 0.6) is 11.5 Å². The summed E-state index contributed by atoms with van der Waals surface area (Å²) in [5.74, 6) is 6.93. The zero-order valence-electron chi connectivity index (χ0n) is 12.9. The summed E-state index contributed by atoms with van der Waals surface area (Å²) in [5.41, 5.74) is 2.03. The quantitative estimate of drug-likeness (QED) is 0.444. The number of nitrogens with two attached hydrogens (primary N) is 1. The summed E-state index contributed by atoms with van der Waals surface area (Å²) in [6.07, 6.45) is 1.65. The summed E-state index contributed by atoms with van der Waals surface area (Å²) in [4.78, 5) is 0. The fourth-order valence-corrected chi connectivity index (χ4v) is 2.54. The maximum atomic E-state index is 6.01. The molecule has 4 nitrogen and oxygen atoms in total. The van der Waals surface area contributed by atoms with Gasteiger partial charge in [-0.15, -0.1) is 0 Å². The van der Waals surface area contributed by atoms with Crippen LogP contribution in [0.3, 0.4) is 0 Å². The van der Waals surface area contributed by atoms with Gasteiger partial charge in [-0.1, -0.05) is 36.4 Å². The van der Waals surface area contributed by atoms with Crippen LogP contribution in [0.15, 0.2) is 65.8 Å². The Bertz CT molecular complexity index is 844. The number of rotatable bonds is 5. The van der Waals surface area contributed by atoms with Gasteiger partial charge in [-0.2, -0.15) is 5.10 Å². The Hall–Kier alpha value is -3.01. The molecular formula is C19H18N2O2. The van der Waals surface area contributed by atoms with Gasteiger partial charge in [-0.3, -0.25) is 0 Å². The molecule has 4 heteroatoms. The van der Waals surface area contributed by atoms with Gasteiger partial charge >= 0.3 is 0 Å². The molecule has 0 saturated heterocycles. The Morgan fingerprint density at radius 2 is 1.83 bits per heavy atom. The first-order valence-electron chi connectivity index (χ1n) is 7.32. The van der Waals surface area contributed by atoms with Crippen molar-refractivity contribution in [1.29, 1.82) is 0 Å². The molecule has 0 radical (unpaired) electrons. The predicted molar refractivity (Wildman–Crippen MR) is 93.1 cm³/mol. The van der Waals surface area contributed by atoms with Crippen LogP contribution in [-0.4, -0.2) is 13.3 Å². The summed E-state index contributed by atoms with van der Waals surface area (Å²) < 4.78 is 11.2. The zero-order chi connectivity index (χ0) is 16.1. The van der Waals surface area contributed by atoms with Crippen LogP contribution in [0.25, 0.3) is 10.8 Å². The molecular weight excluding hydrogens is 288 g/mol. The molecule has 0 bridgehead atoms. The van der Waals surface area contributed by atoms with Crippen LogP contribution in [0.4, 0.5) is 0 Å². The molecule has 2 N–H and O–H groups in total. The van der Waals surface area contributed by atoms with Crippen LogP contribution in [0.1, 0.15) is 11.1 Å². The van der Waals surface area contributed by atoms with Gasteiger partial charge in [0.15, 0.2) is 0 Å². The third-order valence-corrected chi connectivity index (χ3v) is 3.66. The minimum atomic E-state index is 0.478. The molecule has 0 aliphatic rings. The van der Waals surface area contributed by atoms with Crippen LogP contribution >= 0.6 is 0 Å². The van der Waals surface area contributed by atoms with Gasteiger partial charge in [0.2, 0.25) is 0 Å². The third-order valence-electron chi connectivity index (χ3n) is 3.66. The number of hydrogen-bond acceptors (Lipinski definition) is 4. The van der Waals surface area contributed by atoms with Crippen LogP contribution in [-0.2, 0) is 6.61 Å². The first kappa shape index (κ1) is 14.9. The molecule has 3 aromatic carbocycles. The van der Waals surface area contributed by atoms with Crippen molar-refractivity contribution in [3.8, 4) is 11.5 Å². The number of ether oxygens (including phenoxy) is 2. The van der Waals surface area contributed by atoms with Crippen LogP contribution in [0.2, 0.25) is 0 Å². The van der Waals surface area contributed by atoms with E-state index in [1.165, 1.54) is 0 Å². The fraction of sp³-hybridized carbons (Fsp3) is 0.105. The second-order valence-electron chi connectivity index (χ2n) is 5.12. The fourth-order valence-electron chi connectivity index (χ4n) is 2.54. The van der Waals surface area contributed by atoms with Gasteiger partial charge in [0.25, 0.3) is 0 Å². The second kappa shape index (κ2) is 6.83. The highest BCUT2D eigenvalue weighted by molar-refractivity contribution is 6.02. The van der Waals surface area contributed by atoms with E-state index in [2.05, 4.69) is 5.10 Å². The van der Waals surface area contributed by atoms with E-state index in [1.807, 2.05) is 60.7 Å². The monoisotopic (exact) mass is 306 g/mol. The lowest BCUT2D eigenvalue weighted by Gasteiger charge is -2.11. The van der Waals surface area contributed by atoms with E-state index in [0.29, 0.717) is 6.61 Å². The number of nitrogens with zero attached hydrogens (tertiary/aromatic N) is 1. The molecule has 0 fully saturated rings. The van der Waals surface area contributed by atoms with Crippen molar-refractivity contribution in [2.45, 2.75) is 6.61 Å². The minimum Gasteiger partial charge on any atom is -0.497 e. The summed E-state index contributed by atoms with van der Waals surface area (Å²) in [7, 11) is 1.66. The van der Waals surface area contributed by atoms with E-state index in [1.54, 1.807) is 13.3 Å². The highest BCUT2D eigenvalue weighted by Gasteiger charge is 2.06. The van der Waals surface area contributed by atoms with E-state index < -0.39 is 0 Å². The zero-order valence-corrected chi connectivity index (χ0v) is 12.9. The largest absolute Gasteiger partial charge is 0.497 e. The topological polar surface area (TPSA) is 56.8 Å². The van der Waals surface area contributed by atoms with E-state index in [0.717, 1.165) is 33.4 Å². The molecule has 0 aliphatic heterocycles. The number of hydrogen-bond donors (Lipinski definition) is 1. The molecule has 0 aromatic heterocycles. The standard InChI is InChI=1S/C19H18N2O2/c1-22-16-6-4-5-14(11-16)13-23-19-10-9-15(12-21-20)17-7-2-3-8-18(17)19/h2-12H,13,20H2,1H3. The lowest BCUT2D eigenvalue weighted by atomic mass is 10.0. The normalized spacial score (nSPS) is 11.0. The Kier molecular flexibility index (Phi) is 4.43. The van der Waals surface area contributed by atoms with Crippen molar-refractivity contribution in [2.75, 3.05) is 7.11 Å². The number of benzene rings is 3. The van der Waals surface area contributed by atoms with E-state index in [9.17, 15) is 0 Å². The Morgan fingerprint density at radius 1 is 1.00 bits per heavy atom. The third kappa shape index (κ3) is 3.26. The number of fused-ring (bicyclic) bond motifs is 1. The van der Waals surface area contributed by atoms with Crippen LogP contribution < -0.4 is 15.3 Å². The van der Waals surface area contributed by atoms with E-state index in [4.69, 9.17) is 15.3 Å². The van der Waals surface area contributed by atoms with Crippen molar-refractivity contribution >= 4 is 17.0 Å². The number of hydrazone groups is 1. The van der Waals surface area contributed by atoms with Gasteiger partial charge in [-0.05, 0) is 35.2 Å². The van der Waals surface area contributed by atoms with Crippen molar-refractivity contribution in [3.63, 3.8) is 0 Å². The summed E-state index contributed by atoms with van der Waals surface area (Å²) in [6, 6.07) is 19.8. The molecule has 0 amide bonds. The van der Waals surface area contributed by atoms with Crippen molar-refractivity contribution in [1.82, 2.24) is 0 Å². The predicted octanol–water partition coefficient (Wildman–Crippen LogP) is 3.72. The first-order chi connectivity index (χ1) is 11.3. The molecule has 0 spiro atoms. The highest BCUT2D eigenvalue weighted by Crippen LogP contribution is 2.28. The molecule has 116 valence electrons. The van der Waals surface area contributed by atoms with Crippen molar-refractivity contribution in [2.24, 2.45) is 10.9 Å².